The number of pyridine rings is 1. The summed E-state index contributed by atoms with van der Waals surface area (Å²) in [6.07, 6.45) is 3.44. The van der Waals surface area contributed by atoms with Crippen LogP contribution in [-0.2, 0) is 14.6 Å². The molecule has 0 bridgehead atoms. The molecule has 3 rings (SSSR count). The second-order valence-electron chi connectivity index (χ2n) is 6.67. The van der Waals surface area contributed by atoms with E-state index in [-0.39, 0.29) is 17.3 Å². The molecule has 0 aliphatic heterocycles. The lowest BCUT2D eigenvalue weighted by molar-refractivity contribution is -0.904. The fraction of sp³-hybridized carbons (Fsp3) is 0.438. The summed E-state index contributed by atoms with van der Waals surface area (Å²) >= 11 is 6.08. The number of sulfone groups is 1. The van der Waals surface area contributed by atoms with E-state index in [1.54, 1.807) is 12.1 Å². The highest BCUT2D eigenvalue weighted by molar-refractivity contribution is 7.91. The summed E-state index contributed by atoms with van der Waals surface area (Å²) in [5.41, 5.74) is 0.720. The molecule has 0 saturated heterocycles. The van der Waals surface area contributed by atoms with Gasteiger partial charge in [0.05, 0.1) is 17.7 Å². The molecule has 1 N–H and O–H groups in total. The van der Waals surface area contributed by atoms with Crippen molar-refractivity contribution in [2.75, 3.05) is 23.5 Å². The van der Waals surface area contributed by atoms with Gasteiger partial charge in [-0.15, -0.1) is 0 Å². The van der Waals surface area contributed by atoms with Gasteiger partial charge in [0, 0.05) is 36.6 Å². The summed E-state index contributed by atoms with van der Waals surface area (Å²) in [5, 5.41) is 13.5. The number of halogens is 3. The van der Waals surface area contributed by atoms with Crippen LogP contribution in [0.15, 0.2) is 30.7 Å². The molecule has 28 heavy (non-hydrogen) atoms. The number of hydrogen-bond acceptors (Lipinski definition) is 5. The minimum Gasteiger partial charge on any atom is -0.311 e. The average molecular weight is 436 g/mol. The molecule has 1 aliphatic rings. The number of hydrogen-bond donors (Lipinski definition) is 1. The van der Waals surface area contributed by atoms with Crippen molar-refractivity contribution in [1.29, 1.82) is 0 Å². The lowest BCUT2D eigenvalue weighted by Crippen LogP contribution is -2.29. The molecule has 2 heterocycles. The highest BCUT2D eigenvalue weighted by Gasteiger charge is 2.58. The Kier molecular flexibility index (Phi) is 5.32. The van der Waals surface area contributed by atoms with Crippen molar-refractivity contribution in [3.05, 3.63) is 35.9 Å². The number of nitrogens with zero attached hydrogens (tertiary/aromatic N) is 4. The first kappa shape index (κ1) is 20.5. The van der Waals surface area contributed by atoms with E-state index in [1.807, 2.05) is 0 Å². The molecule has 2 aromatic rings. The maximum absolute atomic E-state index is 12.9. The van der Waals surface area contributed by atoms with Crippen molar-refractivity contribution in [3.63, 3.8) is 0 Å². The summed E-state index contributed by atoms with van der Waals surface area (Å²) in [4.78, 5) is 13.5. The zero-order valence-electron chi connectivity index (χ0n) is 14.8. The van der Waals surface area contributed by atoms with Gasteiger partial charge in [-0.25, -0.2) is 21.9 Å². The number of aromatic nitrogens is 3. The van der Waals surface area contributed by atoms with Crippen LogP contribution in [0.25, 0.3) is 5.69 Å². The van der Waals surface area contributed by atoms with E-state index >= 15 is 0 Å². The Hall–Kier alpha value is -2.27. The van der Waals surface area contributed by atoms with Gasteiger partial charge < -0.3 is 4.90 Å². The summed E-state index contributed by atoms with van der Waals surface area (Å²) in [5.74, 6) is -5.75. The Morgan fingerprint density at radius 2 is 2.21 bits per heavy atom. The molecule has 8 nitrogen and oxygen atoms in total. The number of rotatable bonds is 7. The van der Waals surface area contributed by atoms with Gasteiger partial charge in [-0.1, -0.05) is 11.6 Å². The topological polar surface area (TPSA) is 96.4 Å². The Bertz CT molecular complexity index is 1010. The van der Waals surface area contributed by atoms with E-state index in [1.165, 1.54) is 30.3 Å². The minimum absolute atomic E-state index is 0.00433. The summed E-state index contributed by atoms with van der Waals surface area (Å²) < 4.78 is 51.9. The molecule has 1 aliphatic carbocycles. The quantitative estimate of drug-likeness (QED) is 0.525. The van der Waals surface area contributed by atoms with Crippen molar-refractivity contribution in [3.8, 4) is 5.69 Å². The number of anilines is 1. The smallest absolute Gasteiger partial charge is 0.252 e. The maximum Gasteiger partial charge on any atom is 0.252 e. The van der Waals surface area contributed by atoms with E-state index < -0.39 is 45.5 Å². The third kappa shape index (κ3) is 4.58. The van der Waals surface area contributed by atoms with Gasteiger partial charge in [-0.2, -0.15) is 5.10 Å². The van der Waals surface area contributed by atoms with E-state index in [0.717, 1.165) is 9.63 Å². The van der Waals surface area contributed by atoms with Crippen LogP contribution in [0.3, 0.4) is 0 Å². The van der Waals surface area contributed by atoms with Gasteiger partial charge in [-0.3, -0.25) is 10.0 Å². The van der Waals surface area contributed by atoms with Gasteiger partial charge in [0.1, 0.15) is 11.4 Å². The Morgan fingerprint density at radius 3 is 2.82 bits per heavy atom. The van der Waals surface area contributed by atoms with Gasteiger partial charge in [0.15, 0.2) is 15.0 Å². The molecule has 1 unspecified atom stereocenters. The first-order chi connectivity index (χ1) is 13.0. The molecular formula is C16H18ClF2N4O4S+. The Balaban J connectivity index is 1.65. The number of amides is 1. The van der Waals surface area contributed by atoms with E-state index in [0.29, 0.717) is 5.69 Å². The second kappa shape index (κ2) is 7.28. The maximum atomic E-state index is 12.9. The number of carbonyl (C=O) groups is 1. The molecule has 1 amide bonds. The lowest BCUT2D eigenvalue weighted by atomic mass is 10.4. The zero-order valence-corrected chi connectivity index (χ0v) is 16.4. The van der Waals surface area contributed by atoms with Gasteiger partial charge in [0.2, 0.25) is 18.3 Å². The van der Waals surface area contributed by atoms with Crippen LogP contribution in [0, 0.1) is 5.92 Å². The second-order valence-corrected chi connectivity index (χ2v) is 9.26. The molecule has 1 atom stereocenters. The predicted molar refractivity (Wildman–Crippen MR) is 95.7 cm³/mol. The summed E-state index contributed by atoms with van der Waals surface area (Å²) in [6, 6.07) is 3.23. The normalized spacial score (nSPS) is 18.1. The van der Waals surface area contributed by atoms with Gasteiger partial charge in [-0.05, 0) is 6.07 Å². The number of alkyl halides is 2. The standard InChI is InChI=1S/C16H18ClF2N4O4S/c1-21(14(24)4-6-28(26,27)10-11-7-16(11,18)19)13-9-23(20-15(13)17)12-3-2-5-22(25)8-12/h2-3,5,8-9,11,25H,4,6-7,10H2,1H3/q+1. The molecule has 2 aromatic heterocycles. The molecule has 0 aromatic carbocycles. The molecule has 12 heteroatoms. The van der Waals surface area contributed by atoms with E-state index in [4.69, 9.17) is 11.6 Å². The number of carbonyl (C=O) groups excluding carboxylic acids is 1. The molecule has 1 saturated carbocycles. The van der Waals surface area contributed by atoms with Gasteiger partial charge >= 0.3 is 0 Å². The minimum atomic E-state index is -3.76. The molecule has 152 valence electrons. The third-order valence-electron chi connectivity index (χ3n) is 4.46. The van der Waals surface area contributed by atoms with Crippen LogP contribution in [0.2, 0.25) is 5.15 Å². The van der Waals surface area contributed by atoms with Crippen LogP contribution in [0.5, 0.6) is 0 Å². The van der Waals surface area contributed by atoms with Gasteiger partial charge in [0.25, 0.3) is 5.92 Å². The molecular weight excluding hydrogens is 418 g/mol. The fourth-order valence-corrected chi connectivity index (χ4v) is 4.56. The molecule has 0 radical (unpaired) electrons. The predicted octanol–water partition coefficient (Wildman–Crippen LogP) is 1.47. The molecule has 0 spiro atoms. The van der Waals surface area contributed by atoms with E-state index in [9.17, 15) is 27.2 Å². The fourth-order valence-electron chi connectivity index (χ4n) is 2.67. The van der Waals surface area contributed by atoms with Crippen LogP contribution in [0.1, 0.15) is 12.8 Å². The largest absolute Gasteiger partial charge is 0.311 e. The summed E-state index contributed by atoms with van der Waals surface area (Å²) in [6.45, 7) is 0. The van der Waals surface area contributed by atoms with Crippen molar-refractivity contribution in [2.24, 2.45) is 5.92 Å². The van der Waals surface area contributed by atoms with Crippen molar-refractivity contribution in [2.45, 2.75) is 18.8 Å². The van der Waals surface area contributed by atoms with Crippen molar-refractivity contribution < 1.29 is 31.9 Å². The van der Waals surface area contributed by atoms with Crippen molar-refractivity contribution in [1.82, 2.24) is 9.78 Å². The Labute approximate surface area is 164 Å². The SMILES string of the molecule is CN(C(=O)CCS(=O)(=O)CC1CC1(F)F)c1cn(-c2ccc[n+](O)c2)nc1Cl. The van der Waals surface area contributed by atoms with Crippen LogP contribution >= 0.6 is 11.6 Å². The summed E-state index contributed by atoms with van der Waals surface area (Å²) in [7, 11) is -2.35. The van der Waals surface area contributed by atoms with Crippen LogP contribution in [-0.4, -0.2) is 53.8 Å². The highest BCUT2D eigenvalue weighted by Crippen LogP contribution is 2.49. The first-order valence-electron chi connectivity index (χ1n) is 8.29. The Morgan fingerprint density at radius 1 is 1.54 bits per heavy atom. The average Bonchev–Trinajstić information content (AvgIpc) is 3.01. The lowest BCUT2D eigenvalue weighted by Gasteiger charge is -2.15. The molecule has 1 fully saturated rings. The monoisotopic (exact) mass is 435 g/mol. The van der Waals surface area contributed by atoms with Crippen LogP contribution in [0.4, 0.5) is 14.5 Å². The highest BCUT2D eigenvalue weighted by atomic mass is 35.5. The van der Waals surface area contributed by atoms with E-state index in [2.05, 4.69) is 5.10 Å². The van der Waals surface area contributed by atoms with Crippen molar-refractivity contribution >= 4 is 33.0 Å². The first-order valence-corrected chi connectivity index (χ1v) is 10.5. The zero-order chi connectivity index (χ0) is 20.7. The third-order valence-corrected chi connectivity index (χ3v) is 6.47. The van der Waals surface area contributed by atoms with Crippen LogP contribution < -0.4 is 9.63 Å².